The quantitative estimate of drug-likeness (QED) is 0.756. The van der Waals surface area contributed by atoms with Gasteiger partial charge in [-0.25, -0.2) is 4.98 Å². The van der Waals surface area contributed by atoms with Gasteiger partial charge in [-0.1, -0.05) is 49.3 Å². The SMILES string of the molecule is CC(C)c1cc(C(=O)N[C@@H](Cn2ccnc2)c2ccccc2)on1. The zero-order chi connectivity index (χ0) is 16.9. The van der Waals surface area contributed by atoms with Gasteiger partial charge in [0.2, 0.25) is 5.76 Å². The van der Waals surface area contributed by atoms with Crippen LogP contribution in [-0.4, -0.2) is 20.6 Å². The van der Waals surface area contributed by atoms with Crippen molar-refractivity contribution in [2.75, 3.05) is 0 Å². The molecule has 3 rings (SSSR count). The summed E-state index contributed by atoms with van der Waals surface area (Å²) >= 11 is 0. The van der Waals surface area contributed by atoms with Crippen molar-refractivity contribution in [3.8, 4) is 0 Å². The van der Waals surface area contributed by atoms with Crippen LogP contribution in [0.2, 0.25) is 0 Å². The highest BCUT2D eigenvalue weighted by Gasteiger charge is 2.20. The topological polar surface area (TPSA) is 73.0 Å². The molecular formula is C18H20N4O2. The molecule has 0 saturated carbocycles. The molecular weight excluding hydrogens is 304 g/mol. The molecule has 1 aromatic carbocycles. The van der Waals surface area contributed by atoms with Crippen molar-refractivity contribution in [2.45, 2.75) is 32.4 Å². The van der Waals surface area contributed by atoms with E-state index in [4.69, 9.17) is 4.52 Å². The summed E-state index contributed by atoms with van der Waals surface area (Å²) in [5, 5.41) is 6.96. The van der Waals surface area contributed by atoms with Crippen LogP contribution in [0, 0.1) is 0 Å². The lowest BCUT2D eigenvalue weighted by atomic mass is 10.1. The Labute approximate surface area is 140 Å². The molecule has 0 aliphatic heterocycles. The van der Waals surface area contributed by atoms with Gasteiger partial charge in [-0.2, -0.15) is 0 Å². The smallest absolute Gasteiger partial charge is 0.290 e. The average Bonchev–Trinajstić information content (AvgIpc) is 3.26. The largest absolute Gasteiger partial charge is 0.351 e. The molecule has 1 N–H and O–H groups in total. The number of carbonyl (C=O) groups is 1. The Bertz CT molecular complexity index is 778. The first kappa shape index (κ1) is 16.0. The Kier molecular flexibility index (Phi) is 4.74. The molecule has 0 bridgehead atoms. The second-order valence-electron chi connectivity index (χ2n) is 5.97. The molecule has 2 heterocycles. The van der Waals surface area contributed by atoms with Crippen LogP contribution in [0.5, 0.6) is 0 Å². The number of imidazole rings is 1. The lowest BCUT2D eigenvalue weighted by Gasteiger charge is -2.19. The van der Waals surface area contributed by atoms with Crippen molar-refractivity contribution in [2.24, 2.45) is 0 Å². The number of benzene rings is 1. The third-order valence-corrected chi connectivity index (χ3v) is 3.80. The molecule has 0 fully saturated rings. The van der Waals surface area contributed by atoms with Crippen molar-refractivity contribution >= 4 is 5.91 Å². The molecule has 0 aliphatic carbocycles. The molecule has 0 saturated heterocycles. The molecule has 0 aliphatic rings. The van der Waals surface area contributed by atoms with E-state index in [-0.39, 0.29) is 23.6 Å². The first-order chi connectivity index (χ1) is 11.6. The Hall–Kier alpha value is -2.89. The summed E-state index contributed by atoms with van der Waals surface area (Å²) in [6, 6.07) is 11.3. The van der Waals surface area contributed by atoms with E-state index in [1.165, 1.54) is 0 Å². The van der Waals surface area contributed by atoms with Crippen LogP contribution in [0.4, 0.5) is 0 Å². The van der Waals surface area contributed by atoms with Crippen LogP contribution in [0.15, 0.2) is 59.6 Å². The van der Waals surface area contributed by atoms with Gasteiger partial charge in [0.1, 0.15) is 0 Å². The second-order valence-corrected chi connectivity index (χ2v) is 5.97. The molecule has 3 aromatic rings. The van der Waals surface area contributed by atoms with Gasteiger partial charge in [0.15, 0.2) is 0 Å². The molecule has 124 valence electrons. The number of carbonyl (C=O) groups excluding carboxylic acids is 1. The van der Waals surface area contributed by atoms with Gasteiger partial charge in [-0.15, -0.1) is 0 Å². The van der Waals surface area contributed by atoms with Crippen LogP contribution in [0.3, 0.4) is 0 Å². The van der Waals surface area contributed by atoms with E-state index >= 15 is 0 Å². The van der Waals surface area contributed by atoms with Gasteiger partial charge in [-0.3, -0.25) is 4.79 Å². The maximum absolute atomic E-state index is 12.5. The van der Waals surface area contributed by atoms with E-state index in [1.807, 2.05) is 54.9 Å². The van der Waals surface area contributed by atoms with Gasteiger partial charge < -0.3 is 14.4 Å². The summed E-state index contributed by atoms with van der Waals surface area (Å²) in [6.07, 6.45) is 5.32. The van der Waals surface area contributed by atoms with Crippen molar-refractivity contribution in [1.82, 2.24) is 20.0 Å². The summed E-state index contributed by atoms with van der Waals surface area (Å²) in [7, 11) is 0. The van der Waals surface area contributed by atoms with Crippen LogP contribution in [0.1, 0.15) is 47.6 Å². The minimum absolute atomic E-state index is 0.194. The van der Waals surface area contributed by atoms with Crippen LogP contribution in [-0.2, 0) is 6.54 Å². The van der Waals surface area contributed by atoms with Crippen LogP contribution >= 0.6 is 0 Å². The van der Waals surface area contributed by atoms with E-state index in [9.17, 15) is 4.79 Å². The highest BCUT2D eigenvalue weighted by atomic mass is 16.5. The maximum Gasteiger partial charge on any atom is 0.290 e. The summed E-state index contributed by atoms with van der Waals surface area (Å²) in [5.41, 5.74) is 1.79. The number of nitrogens with zero attached hydrogens (tertiary/aromatic N) is 3. The Morgan fingerprint density at radius 2 is 2.08 bits per heavy atom. The fourth-order valence-corrected chi connectivity index (χ4v) is 2.42. The Balaban J connectivity index is 1.79. The maximum atomic E-state index is 12.5. The lowest BCUT2D eigenvalue weighted by molar-refractivity contribution is 0.0895. The summed E-state index contributed by atoms with van der Waals surface area (Å²) in [6.45, 7) is 4.59. The van der Waals surface area contributed by atoms with E-state index in [0.717, 1.165) is 11.3 Å². The number of hydrogen-bond donors (Lipinski definition) is 1. The molecule has 6 nitrogen and oxygen atoms in total. The van der Waals surface area contributed by atoms with Gasteiger partial charge in [0.25, 0.3) is 5.91 Å². The Morgan fingerprint density at radius 1 is 1.29 bits per heavy atom. The number of hydrogen-bond acceptors (Lipinski definition) is 4. The number of amides is 1. The van der Waals surface area contributed by atoms with Crippen molar-refractivity contribution in [1.29, 1.82) is 0 Å². The highest BCUT2D eigenvalue weighted by molar-refractivity contribution is 5.91. The molecule has 24 heavy (non-hydrogen) atoms. The molecule has 1 atom stereocenters. The van der Waals surface area contributed by atoms with Crippen molar-refractivity contribution < 1.29 is 9.32 Å². The fourth-order valence-electron chi connectivity index (χ4n) is 2.42. The van der Waals surface area contributed by atoms with Crippen molar-refractivity contribution in [3.05, 3.63) is 72.1 Å². The standard InChI is InChI=1S/C18H20N4O2/c1-13(2)15-10-17(24-21-15)18(23)20-16(11-22-9-8-19-12-22)14-6-4-3-5-7-14/h3-10,12-13,16H,11H2,1-2H3,(H,20,23)/t16-/m0/s1. The summed E-state index contributed by atoms with van der Waals surface area (Å²) < 4.78 is 7.11. The molecule has 0 radical (unpaired) electrons. The van der Waals surface area contributed by atoms with Gasteiger partial charge >= 0.3 is 0 Å². The van der Waals surface area contributed by atoms with Gasteiger partial charge in [0, 0.05) is 25.0 Å². The molecule has 1 amide bonds. The first-order valence-electron chi connectivity index (χ1n) is 7.91. The van der Waals surface area contributed by atoms with E-state index in [1.54, 1.807) is 18.6 Å². The average molecular weight is 324 g/mol. The Morgan fingerprint density at radius 3 is 2.71 bits per heavy atom. The van der Waals surface area contributed by atoms with E-state index < -0.39 is 0 Å². The molecule has 0 spiro atoms. The van der Waals surface area contributed by atoms with E-state index in [2.05, 4.69) is 15.5 Å². The normalized spacial score (nSPS) is 12.3. The van der Waals surface area contributed by atoms with Gasteiger partial charge in [0.05, 0.1) is 18.1 Å². The fraction of sp³-hybridized carbons (Fsp3) is 0.278. The minimum Gasteiger partial charge on any atom is -0.351 e. The monoisotopic (exact) mass is 324 g/mol. The first-order valence-corrected chi connectivity index (χ1v) is 7.91. The number of nitrogens with one attached hydrogen (secondary N) is 1. The van der Waals surface area contributed by atoms with E-state index in [0.29, 0.717) is 6.54 Å². The summed E-state index contributed by atoms with van der Waals surface area (Å²) in [4.78, 5) is 16.6. The lowest BCUT2D eigenvalue weighted by Crippen LogP contribution is -2.31. The molecule has 2 aromatic heterocycles. The highest BCUT2D eigenvalue weighted by Crippen LogP contribution is 2.18. The zero-order valence-electron chi connectivity index (χ0n) is 13.7. The van der Waals surface area contributed by atoms with Crippen LogP contribution in [0.25, 0.3) is 0 Å². The molecule has 6 heteroatoms. The van der Waals surface area contributed by atoms with Gasteiger partial charge in [-0.05, 0) is 11.5 Å². The number of aromatic nitrogens is 3. The third kappa shape index (κ3) is 3.71. The zero-order valence-corrected chi connectivity index (χ0v) is 13.7. The third-order valence-electron chi connectivity index (χ3n) is 3.80. The molecule has 0 unspecified atom stereocenters. The van der Waals surface area contributed by atoms with Crippen molar-refractivity contribution in [3.63, 3.8) is 0 Å². The van der Waals surface area contributed by atoms with Crippen LogP contribution < -0.4 is 5.32 Å². The number of rotatable bonds is 6. The predicted octanol–water partition coefficient (Wildman–Crippen LogP) is 3.17. The summed E-state index contributed by atoms with van der Waals surface area (Å²) in [5.74, 6) is 0.166. The predicted molar refractivity (Wildman–Crippen MR) is 89.5 cm³/mol. The second kappa shape index (κ2) is 7.12. The minimum atomic E-state index is -0.275.